The number of hydrogen-bond donors (Lipinski definition) is 1. The van der Waals surface area contributed by atoms with Gasteiger partial charge in [-0.05, 0) is 30.9 Å². The van der Waals surface area contributed by atoms with Crippen LogP contribution in [-0.2, 0) is 16.3 Å². The van der Waals surface area contributed by atoms with Crippen molar-refractivity contribution in [3.63, 3.8) is 0 Å². The molecule has 2 N–H and O–H groups in total. The second kappa shape index (κ2) is 4.52. The van der Waals surface area contributed by atoms with Gasteiger partial charge in [0.15, 0.2) is 9.84 Å². The van der Waals surface area contributed by atoms with Crippen LogP contribution in [0.25, 0.3) is 5.52 Å². The van der Waals surface area contributed by atoms with Crippen molar-refractivity contribution in [1.82, 2.24) is 9.38 Å². The first-order chi connectivity index (χ1) is 9.05. The number of sulfone groups is 1. The van der Waals surface area contributed by atoms with Gasteiger partial charge in [-0.3, -0.25) is 0 Å². The lowest BCUT2D eigenvalue weighted by molar-refractivity contribution is 0.475. The molecule has 0 aliphatic carbocycles. The van der Waals surface area contributed by atoms with Gasteiger partial charge in [0.25, 0.3) is 0 Å². The molecule has 0 aromatic carbocycles. The number of aromatic nitrogens is 2. The maximum absolute atomic E-state index is 11.7. The van der Waals surface area contributed by atoms with Gasteiger partial charge in [0.05, 0.1) is 28.9 Å². The van der Waals surface area contributed by atoms with Crippen molar-refractivity contribution in [2.75, 3.05) is 17.2 Å². The van der Waals surface area contributed by atoms with E-state index >= 15 is 0 Å². The molecule has 3 rings (SSSR count). The highest BCUT2D eigenvalue weighted by atomic mass is 32.2. The molecule has 6 heteroatoms. The van der Waals surface area contributed by atoms with E-state index in [4.69, 9.17) is 5.73 Å². The number of fused-ring (bicyclic) bond motifs is 1. The molecule has 0 radical (unpaired) electrons. The Labute approximate surface area is 112 Å². The molecule has 3 heterocycles. The minimum Gasteiger partial charge on any atom is -0.397 e. The number of hydrogen-bond acceptors (Lipinski definition) is 4. The molecule has 0 amide bonds. The Bertz CT molecular complexity index is 706. The fourth-order valence-electron chi connectivity index (χ4n) is 2.79. The van der Waals surface area contributed by atoms with Crippen LogP contribution in [0.4, 0.5) is 5.69 Å². The maximum Gasteiger partial charge on any atom is 0.150 e. The van der Waals surface area contributed by atoms with Gasteiger partial charge in [-0.2, -0.15) is 0 Å². The van der Waals surface area contributed by atoms with E-state index in [1.54, 1.807) is 6.20 Å². The van der Waals surface area contributed by atoms with Crippen LogP contribution in [0.5, 0.6) is 0 Å². The molecule has 2 aromatic heterocycles. The first-order valence-electron chi connectivity index (χ1n) is 6.46. The van der Waals surface area contributed by atoms with Crippen molar-refractivity contribution >= 4 is 21.0 Å². The van der Waals surface area contributed by atoms with Crippen LogP contribution in [0.2, 0.25) is 0 Å². The minimum absolute atomic E-state index is 0.172. The van der Waals surface area contributed by atoms with Crippen LogP contribution in [0.1, 0.15) is 18.7 Å². The molecule has 1 aliphatic heterocycles. The second-order valence-corrected chi connectivity index (χ2v) is 7.45. The zero-order chi connectivity index (χ0) is 13.5. The molecule has 2 aromatic rings. The molecule has 1 aliphatic rings. The SMILES string of the molecule is Nc1cccn2c(CC3CCCS(=O)(=O)C3)ncc12. The number of nitrogens with zero attached hydrogens (tertiary/aromatic N) is 2. The molecule has 1 saturated heterocycles. The van der Waals surface area contributed by atoms with Crippen LogP contribution in [0, 0.1) is 5.92 Å². The predicted octanol–water partition coefficient (Wildman–Crippen LogP) is 1.28. The van der Waals surface area contributed by atoms with Gasteiger partial charge in [-0.25, -0.2) is 13.4 Å². The van der Waals surface area contributed by atoms with Crippen LogP contribution in [-0.4, -0.2) is 29.3 Å². The standard InChI is InChI=1S/C13H17N3O2S/c14-11-4-1-5-16-12(11)8-15-13(16)7-10-3-2-6-19(17,18)9-10/h1,4-5,8,10H,2-3,6-7,9,14H2. The molecule has 1 atom stereocenters. The fraction of sp³-hybridized carbons (Fsp3) is 0.462. The lowest BCUT2D eigenvalue weighted by Crippen LogP contribution is -2.27. The highest BCUT2D eigenvalue weighted by Gasteiger charge is 2.25. The molecule has 0 spiro atoms. The second-order valence-electron chi connectivity index (χ2n) is 5.22. The van der Waals surface area contributed by atoms with Gasteiger partial charge in [0, 0.05) is 12.6 Å². The molecular formula is C13H17N3O2S. The zero-order valence-electron chi connectivity index (χ0n) is 10.6. The maximum atomic E-state index is 11.7. The van der Waals surface area contributed by atoms with Crippen molar-refractivity contribution in [2.24, 2.45) is 5.92 Å². The molecular weight excluding hydrogens is 262 g/mol. The van der Waals surface area contributed by atoms with E-state index in [2.05, 4.69) is 4.98 Å². The minimum atomic E-state index is -2.86. The van der Waals surface area contributed by atoms with Crippen LogP contribution in [0.3, 0.4) is 0 Å². The lowest BCUT2D eigenvalue weighted by Gasteiger charge is -2.21. The quantitative estimate of drug-likeness (QED) is 0.898. The Balaban J connectivity index is 1.88. The van der Waals surface area contributed by atoms with Crippen molar-refractivity contribution in [3.05, 3.63) is 30.4 Å². The van der Waals surface area contributed by atoms with Crippen molar-refractivity contribution in [2.45, 2.75) is 19.3 Å². The monoisotopic (exact) mass is 279 g/mol. The van der Waals surface area contributed by atoms with Crippen molar-refractivity contribution in [3.8, 4) is 0 Å². The molecule has 0 bridgehead atoms. The normalized spacial score (nSPS) is 22.6. The highest BCUT2D eigenvalue weighted by molar-refractivity contribution is 7.91. The molecule has 102 valence electrons. The summed E-state index contributed by atoms with van der Waals surface area (Å²) in [6.45, 7) is 0. The Morgan fingerprint density at radius 3 is 3.11 bits per heavy atom. The van der Waals surface area contributed by atoms with Crippen molar-refractivity contribution < 1.29 is 8.42 Å². The van der Waals surface area contributed by atoms with E-state index in [1.165, 1.54) is 0 Å². The average Bonchev–Trinajstić information content (AvgIpc) is 2.73. The van der Waals surface area contributed by atoms with E-state index in [-0.39, 0.29) is 11.7 Å². The summed E-state index contributed by atoms with van der Waals surface area (Å²) >= 11 is 0. The summed E-state index contributed by atoms with van der Waals surface area (Å²) in [5.74, 6) is 1.68. The largest absolute Gasteiger partial charge is 0.397 e. The predicted molar refractivity (Wildman–Crippen MR) is 74.7 cm³/mol. The molecule has 19 heavy (non-hydrogen) atoms. The summed E-state index contributed by atoms with van der Waals surface area (Å²) in [5, 5.41) is 0. The number of imidazole rings is 1. The first kappa shape index (κ1) is 12.5. The van der Waals surface area contributed by atoms with Gasteiger partial charge in [-0.1, -0.05) is 0 Å². The van der Waals surface area contributed by atoms with E-state index < -0.39 is 9.84 Å². The van der Waals surface area contributed by atoms with Gasteiger partial charge in [0.2, 0.25) is 0 Å². The first-order valence-corrected chi connectivity index (χ1v) is 8.28. The van der Waals surface area contributed by atoms with Gasteiger partial charge in [0.1, 0.15) is 5.82 Å². The smallest absolute Gasteiger partial charge is 0.150 e. The molecule has 1 unspecified atom stereocenters. The third-order valence-electron chi connectivity index (χ3n) is 3.71. The summed E-state index contributed by atoms with van der Waals surface area (Å²) in [6, 6.07) is 3.72. The van der Waals surface area contributed by atoms with Crippen LogP contribution in [0.15, 0.2) is 24.5 Å². The van der Waals surface area contributed by atoms with Crippen LogP contribution >= 0.6 is 0 Å². The molecule has 1 fully saturated rings. The Morgan fingerprint density at radius 1 is 1.47 bits per heavy atom. The lowest BCUT2D eigenvalue weighted by atomic mass is 10.0. The van der Waals surface area contributed by atoms with E-state index in [1.807, 2.05) is 22.7 Å². The van der Waals surface area contributed by atoms with Gasteiger partial charge < -0.3 is 10.1 Å². The molecule has 0 saturated carbocycles. The number of pyridine rings is 1. The highest BCUT2D eigenvalue weighted by Crippen LogP contribution is 2.23. The van der Waals surface area contributed by atoms with E-state index in [0.29, 0.717) is 17.9 Å². The number of anilines is 1. The Kier molecular flexibility index (Phi) is 2.97. The Hall–Kier alpha value is -1.56. The fourth-order valence-corrected chi connectivity index (χ4v) is 4.56. The third-order valence-corrected chi connectivity index (χ3v) is 5.60. The summed E-state index contributed by atoms with van der Waals surface area (Å²) in [7, 11) is -2.86. The van der Waals surface area contributed by atoms with E-state index in [0.717, 1.165) is 24.2 Å². The van der Waals surface area contributed by atoms with E-state index in [9.17, 15) is 8.42 Å². The molecule has 5 nitrogen and oxygen atoms in total. The topological polar surface area (TPSA) is 77.5 Å². The summed E-state index contributed by atoms with van der Waals surface area (Å²) in [4.78, 5) is 4.39. The zero-order valence-corrected chi connectivity index (χ0v) is 11.4. The number of rotatable bonds is 2. The van der Waals surface area contributed by atoms with Crippen LogP contribution < -0.4 is 5.73 Å². The average molecular weight is 279 g/mol. The van der Waals surface area contributed by atoms with Crippen molar-refractivity contribution in [1.29, 1.82) is 0 Å². The summed E-state index contributed by atoms with van der Waals surface area (Å²) in [6.07, 6.45) is 6.08. The third kappa shape index (κ3) is 2.45. The van der Waals surface area contributed by atoms with Gasteiger partial charge in [-0.15, -0.1) is 0 Å². The summed E-state index contributed by atoms with van der Waals surface area (Å²) in [5.41, 5.74) is 7.47. The summed E-state index contributed by atoms with van der Waals surface area (Å²) < 4.78 is 25.3. The number of nitrogens with two attached hydrogens (primary N) is 1. The van der Waals surface area contributed by atoms with Gasteiger partial charge >= 0.3 is 0 Å². The Morgan fingerprint density at radius 2 is 2.32 bits per heavy atom. The number of nitrogen functional groups attached to an aromatic ring is 1.